The average molecular weight is 393 g/mol. The average Bonchev–Trinajstić information content (AvgIpc) is 2.59. The van der Waals surface area contributed by atoms with Crippen molar-refractivity contribution in [1.29, 1.82) is 0 Å². The molecular weight excluding hydrogens is 372 g/mol. The molecule has 0 spiro atoms. The van der Waals surface area contributed by atoms with E-state index in [1.807, 2.05) is 6.92 Å². The van der Waals surface area contributed by atoms with Crippen molar-refractivity contribution in [2.75, 3.05) is 19.8 Å². The number of carbonyl (C=O) groups excluding carboxylic acids is 3. The van der Waals surface area contributed by atoms with E-state index >= 15 is 0 Å². The third-order valence-electron chi connectivity index (χ3n) is 2.13. The minimum absolute atomic E-state index is 0.156. The molecule has 0 heterocycles. The van der Waals surface area contributed by atoms with E-state index in [1.165, 1.54) is 0 Å². The fourth-order valence-electron chi connectivity index (χ4n) is 0.485. The zero-order chi connectivity index (χ0) is 20.2. The second-order valence-electron chi connectivity index (χ2n) is 3.68. The Morgan fingerprint density at radius 2 is 0.958 bits per heavy atom. The predicted molar refractivity (Wildman–Crippen MR) is 102 cm³/mol. The number of thiol groups is 3. The largest absolute Gasteiger partial charge is 0.396 e. The Kier molecular flexibility index (Phi) is 27.5. The number of aliphatic hydroxyl groups is 3. The number of terminal acetylenes is 3. The molecule has 0 unspecified atom stereocenters. The van der Waals surface area contributed by atoms with E-state index in [-0.39, 0.29) is 19.8 Å². The van der Waals surface area contributed by atoms with E-state index < -0.39 is 20.8 Å². The summed E-state index contributed by atoms with van der Waals surface area (Å²) in [5.74, 6) is 5.26. The summed E-state index contributed by atoms with van der Waals surface area (Å²) in [5, 5.41) is 24.4. The lowest BCUT2D eigenvalue weighted by atomic mass is 9.88. The Morgan fingerprint density at radius 3 is 0.958 bits per heavy atom. The topological polar surface area (TPSA) is 112 Å². The van der Waals surface area contributed by atoms with Crippen molar-refractivity contribution in [2.45, 2.75) is 13.3 Å². The van der Waals surface area contributed by atoms with Gasteiger partial charge in [-0.1, -0.05) is 44.8 Å². The van der Waals surface area contributed by atoms with Crippen molar-refractivity contribution >= 4 is 53.2 Å². The van der Waals surface area contributed by atoms with Gasteiger partial charge in [-0.25, -0.2) is 0 Å². The summed E-state index contributed by atoms with van der Waals surface area (Å²) >= 11 is 9.67. The fourth-order valence-corrected chi connectivity index (χ4v) is 0.485. The SMILES string of the molecule is C#CC(=O)S.C#CC(=O)S.C#CC(=O)S.CCC(CO)(CO)CO. The third-order valence-corrected chi connectivity index (χ3v) is 2.51. The van der Waals surface area contributed by atoms with Gasteiger partial charge in [0.25, 0.3) is 15.3 Å². The Balaban J connectivity index is -0.000000116. The second kappa shape index (κ2) is 21.6. The Hall–Kier alpha value is -1.38. The molecule has 0 aromatic heterocycles. The van der Waals surface area contributed by atoms with E-state index in [0.717, 1.165) is 0 Å². The number of aliphatic hydroxyl groups excluding tert-OH is 3. The van der Waals surface area contributed by atoms with Gasteiger partial charge >= 0.3 is 0 Å². The van der Waals surface area contributed by atoms with Crippen molar-refractivity contribution in [3.05, 3.63) is 0 Å². The molecule has 0 aliphatic carbocycles. The van der Waals surface area contributed by atoms with Gasteiger partial charge in [0.2, 0.25) is 0 Å². The molecule has 0 aromatic rings. The highest BCUT2D eigenvalue weighted by Gasteiger charge is 2.24. The highest BCUT2D eigenvalue weighted by Crippen LogP contribution is 2.18. The smallest absolute Gasteiger partial charge is 0.259 e. The van der Waals surface area contributed by atoms with Crippen molar-refractivity contribution in [3.8, 4) is 37.0 Å². The van der Waals surface area contributed by atoms with Gasteiger partial charge in [0, 0.05) is 5.41 Å². The highest BCUT2D eigenvalue weighted by atomic mass is 32.1. The molecule has 0 aliphatic heterocycles. The van der Waals surface area contributed by atoms with Crippen LogP contribution in [-0.4, -0.2) is 50.5 Å². The first-order chi connectivity index (χ1) is 11.1. The summed E-state index contributed by atoms with van der Waals surface area (Å²) in [6.07, 6.45) is 14.1. The molecule has 0 fully saturated rings. The van der Waals surface area contributed by atoms with E-state index in [0.29, 0.717) is 6.42 Å². The zero-order valence-corrected chi connectivity index (χ0v) is 15.7. The van der Waals surface area contributed by atoms with Gasteiger partial charge < -0.3 is 15.3 Å². The van der Waals surface area contributed by atoms with E-state index in [9.17, 15) is 14.4 Å². The normalized spacial score (nSPS) is 8.00. The molecule has 0 radical (unpaired) electrons. The molecule has 0 saturated carbocycles. The zero-order valence-electron chi connectivity index (χ0n) is 13.0. The van der Waals surface area contributed by atoms with Crippen molar-refractivity contribution < 1.29 is 29.7 Å². The number of hydrogen-bond acceptors (Lipinski definition) is 6. The number of carbonyl (C=O) groups is 3. The quantitative estimate of drug-likeness (QED) is 0.287. The lowest BCUT2D eigenvalue weighted by Crippen LogP contribution is -2.32. The van der Waals surface area contributed by atoms with Crippen LogP contribution in [-0.2, 0) is 14.4 Å². The van der Waals surface area contributed by atoms with Crippen LogP contribution < -0.4 is 0 Å². The Bertz CT molecular complexity index is 418. The molecule has 0 amide bonds. The molecule has 6 nitrogen and oxygen atoms in total. The lowest BCUT2D eigenvalue weighted by molar-refractivity contribution is -0.106. The van der Waals surface area contributed by atoms with Crippen molar-refractivity contribution in [3.63, 3.8) is 0 Å². The standard InChI is InChI=1S/C6H14O3.3C3H2OS/c1-2-6(3-7,4-8)5-9;3*1-2-3(4)5/h7-9H,2-5H2,1H3;3*1H,(H,4,5). The van der Waals surface area contributed by atoms with Crippen molar-refractivity contribution in [1.82, 2.24) is 0 Å². The van der Waals surface area contributed by atoms with Gasteiger partial charge in [0.1, 0.15) is 0 Å². The van der Waals surface area contributed by atoms with Crippen LogP contribution in [0.25, 0.3) is 0 Å². The molecule has 0 aliphatic rings. The van der Waals surface area contributed by atoms with Crippen molar-refractivity contribution in [2.24, 2.45) is 5.41 Å². The molecule has 134 valence electrons. The molecule has 24 heavy (non-hydrogen) atoms. The summed E-state index contributed by atoms with van der Waals surface area (Å²) in [4.78, 5) is 28.3. The first-order valence-electron chi connectivity index (χ1n) is 5.97. The van der Waals surface area contributed by atoms with Gasteiger partial charge in [0.05, 0.1) is 19.8 Å². The molecule has 3 N–H and O–H groups in total. The van der Waals surface area contributed by atoms with Crippen LogP contribution in [0.5, 0.6) is 0 Å². The first-order valence-corrected chi connectivity index (χ1v) is 7.31. The highest BCUT2D eigenvalue weighted by molar-refractivity contribution is 7.97. The van der Waals surface area contributed by atoms with E-state index in [4.69, 9.17) is 15.3 Å². The molecule has 0 saturated heterocycles. The van der Waals surface area contributed by atoms with Crippen LogP contribution in [0.1, 0.15) is 13.3 Å². The summed E-state index contributed by atoms with van der Waals surface area (Å²) in [5.41, 5.74) is -0.667. The van der Waals surface area contributed by atoms with E-state index in [2.05, 4.69) is 57.2 Å². The maximum absolute atomic E-state index is 9.44. The van der Waals surface area contributed by atoms with Gasteiger partial charge in [-0.15, -0.1) is 19.3 Å². The molecule has 0 atom stereocenters. The van der Waals surface area contributed by atoms with Crippen LogP contribution in [0.2, 0.25) is 0 Å². The lowest BCUT2D eigenvalue weighted by Gasteiger charge is -2.24. The van der Waals surface area contributed by atoms with E-state index in [1.54, 1.807) is 17.8 Å². The first kappa shape index (κ1) is 30.5. The third kappa shape index (κ3) is 28.7. The minimum Gasteiger partial charge on any atom is -0.396 e. The summed E-state index contributed by atoms with van der Waals surface area (Å²) in [6, 6.07) is 0. The van der Waals surface area contributed by atoms with Crippen LogP contribution in [0, 0.1) is 42.4 Å². The van der Waals surface area contributed by atoms with Gasteiger partial charge in [-0.2, -0.15) is 0 Å². The van der Waals surface area contributed by atoms with Crippen LogP contribution in [0.3, 0.4) is 0 Å². The van der Waals surface area contributed by atoms with Crippen LogP contribution in [0.4, 0.5) is 0 Å². The maximum atomic E-state index is 9.44. The molecular formula is C15H20O6S3. The van der Waals surface area contributed by atoms with Crippen LogP contribution in [0.15, 0.2) is 0 Å². The minimum atomic E-state index is -0.667. The van der Waals surface area contributed by atoms with Crippen LogP contribution >= 0.6 is 37.9 Å². The van der Waals surface area contributed by atoms with Gasteiger partial charge in [-0.3, -0.25) is 14.4 Å². The summed E-state index contributed by atoms with van der Waals surface area (Å²) in [6.45, 7) is 1.35. The number of rotatable bonds is 4. The monoisotopic (exact) mass is 392 g/mol. The molecule has 0 rings (SSSR count). The fraction of sp³-hybridized carbons (Fsp3) is 0.400. The predicted octanol–water partition coefficient (Wildman–Crippen LogP) is -0.412. The molecule has 9 heteroatoms. The summed E-state index contributed by atoms with van der Waals surface area (Å²) in [7, 11) is 0. The maximum Gasteiger partial charge on any atom is 0.259 e. The molecule has 0 aromatic carbocycles. The van der Waals surface area contributed by atoms with Gasteiger partial charge in [0.15, 0.2) is 0 Å². The van der Waals surface area contributed by atoms with Gasteiger partial charge in [-0.05, 0) is 24.2 Å². The second-order valence-corrected chi connectivity index (χ2v) is 4.89. The Morgan fingerprint density at radius 1 is 0.792 bits per heavy atom. The Labute approximate surface area is 158 Å². The molecule has 0 bridgehead atoms. The number of hydrogen-bond donors (Lipinski definition) is 6. The summed E-state index contributed by atoms with van der Waals surface area (Å²) < 4.78 is 0.